The van der Waals surface area contributed by atoms with Crippen LogP contribution in [0.4, 0.5) is 5.95 Å². The Kier molecular flexibility index (Phi) is 1.77. The molecule has 0 fully saturated rings. The molecule has 0 bridgehead atoms. The minimum Gasteiger partial charge on any atom is -0.594 e. The molecule has 0 radical (unpaired) electrons. The second-order valence-electron chi connectivity index (χ2n) is 2.48. The summed E-state index contributed by atoms with van der Waals surface area (Å²) in [6.07, 6.45) is 0. The van der Waals surface area contributed by atoms with Gasteiger partial charge in [-0.25, -0.2) is 4.98 Å². The van der Waals surface area contributed by atoms with Gasteiger partial charge in [-0.15, -0.1) is 0 Å². The fraction of sp³-hybridized carbons (Fsp3) is 0. The lowest BCUT2D eigenvalue weighted by Gasteiger charge is -1.98. The van der Waals surface area contributed by atoms with Crippen molar-refractivity contribution < 1.29 is 4.85 Å². The standard InChI is InChI=1S/C7H5BrN4O/c8-4-1-2-5-6(3-4)12(13)11-7(9)10-5/h1-3H,(H2,9,10,11). The van der Waals surface area contributed by atoms with Gasteiger partial charge in [0.2, 0.25) is 0 Å². The molecule has 13 heavy (non-hydrogen) atoms. The maximum Gasteiger partial charge on any atom is 0.288 e. The second kappa shape index (κ2) is 2.81. The Hall–Kier alpha value is -1.43. The van der Waals surface area contributed by atoms with E-state index in [4.69, 9.17) is 5.73 Å². The van der Waals surface area contributed by atoms with Crippen LogP contribution in [0, 0.1) is 5.21 Å². The smallest absolute Gasteiger partial charge is 0.288 e. The Labute approximate surface area is 81.9 Å². The molecule has 5 nitrogen and oxygen atoms in total. The summed E-state index contributed by atoms with van der Waals surface area (Å²) in [5, 5.41) is 14.7. The second-order valence-corrected chi connectivity index (χ2v) is 3.39. The monoisotopic (exact) mass is 240 g/mol. The van der Waals surface area contributed by atoms with Crippen molar-refractivity contribution >= 4 is 32.9 Å². The van der Waals surface area contributed by atoms with Crippen LogP contribution < -0.4 is 10.6 Å². The van der Waals surface area contributed by atoms with Crippen LogP contribution in [0.15, 0.2) is 22.7 Å². The minimum atomic E-state index is -0.0233. The van der Waals surface area contributed by atoms with Gasteiger partial charge in [0.1, 0.15) is 5.52 Å². The highest BCUT2D eigenvalue weighted by Gasteiger charge is 2.08. The number of nitrogens with zero attached hydrogens (tertiary/aromatic N) is 3. The molecule has 66 valence electrons. The number of hydrogen-bond donors (Lipinski definition) is 1. The molecular weight excluding hydrogens is 236 g/mol. The molecule has 1 aromatic carbocycles. The van der Waals surface area contributed by atoms with E-state index in [2.05, 4.69) is 26.0 Å². The van der Waals surface area contributed by atoms with Crippen molar-refractivity contribution in [2.24, 2.45) is 0 Å². The largest absolute Gasteiger partial charge is 0.594 e. The van der Waals surface area contributed by atoms with E-state index in [0.29, 0.717) is 15.9 Å². The summed E-state index contributed by atoms with van der Waals surface area (Å²) < 4.78 is 0.804. The Morgan fingerprint density at radius 3 is 3.00 bits per heavy atom. The van der Waals surface area contributed by atoms with Crippen molar-refractivity contribution in [2.75, 3.05) is 5.73 Å². The van der Waals surface area contributed by atoms with Crippen LogP contribution in [0.3, 0.4) is 0 Å². The number of benzene rings is 1. The van der Waals surface area contributed by atoms with E-state index in [1.165, 1.54) is 0 Å². The van der Waals surface area contributed by atoms with Crippen molar-refractivity contribution in [2.45, 2.75) is 0 Å². The van der Waals surface area contributed by atoms with Crippen LogP contribution in [0.25, 0.3) is 11.0 Å². The van der Waals surface area contributed by atoms with Crippen molar-refractivity contribution in [3.63, 3.8) is 0 Å². The average Bonchev–Trinajstić information content (AvgIpc) is 2.06. The zero-order valence-corrected chi connectivity index (χ0v) is 8.02. The van der Waals surface area contributed by atoms with Gasteiger partial charge in [-0.1, -0.05) is 15.9 Å². The quantitative estimate of drug-likeness (QED) is 0.541. The molecule has 1 aromatic heterocycles. The van der Waals surface area contributed by atoms with Gasteiger partial charge in [0.25, 0.3) is 11.5 Å². The highest BCUT2D eigenvalue weighted by Crippen LogP contribution is 2.14. The first kappa shape index (κ1) is 8.18. The van der Waals surface area contributed by atoms with Crippen LogP contribution in [0.2, 0.25) is 0 Å². The number of rotatable bonds is 0. The number of halogens is 1. The van der Waals surface area contributed by atoms with E-state index in [0.717, 1.165) is 4.47 Å². The van der Waals surface area contributed by atoms with Crippen LogP contribution in [-0.2, 0) is 0 Å². The lowest BCUT2D eigenvalue weighted by molar-refractivity contribution is -0.641. The van der Waals surface area contributed by atoms with Gasteiger partial charge in [0.05, 0.1) is 5.10 Å². The zero-order chi connectivity index (χ0) is 9.42. The molecule has 6 heteroatoms. The summed E-state index contributed by atoms with van der Waals surface area (Å²) in [5.41, 5.74) is 6.23. The third-order valence-corrected chi connectivity index (χ3v) is 2.07. The molecule has 0 aliphatic rings. The highest BCUT2D eigenvalue weighted by molar-refractivity contribution is 9.10. The summed E-state index contributed by atoms with van der Waals surface area (Å²) in [4.78, 5) is 4.36. The van der Waals surface area contributed by atoms with Crippen molar-refractivity contribution in [3.05, 3.63) is 27.9 Å². The molecule has 2 aromatic rings. The lowest BCUT2D eigenvalue weighted by atomic mass is 10.3. The zero-order valence-electron chi connectivity index (χ0n) is 6.44. The summed E-state index contributed by atoms with van der Waals surface area (Å²) in [7, 11) is 0. The molecule has 2 N–H and O–H groups in total. The number of aromatic nitrogens is 3. The molecule has 1 heterocycles. The molecule has 0 saturated heterocycles. The van der Waals surface area contributed by atoms with Gasteiger partial charge < -0.3 is 10.9 Å². The number of nitrogens with two attached hydrogens (primary N) is 1. The first-order chi connectivity index (χ1) is 6.16. The molecule has 0 aliphatic carbocycles. The third kappa shape index (κ3) is 1.40. The molecule has 0 amide bonds. The minimum absolute atomic E-state index is 0.0233. The maximum atomic E-state index is 11.2. The summed E-state index contributed by atoms with van der Waals surface area (Å²) in [6, 6.07) is 5.13. The topological polar surface area (TPSA) is 78.7 Å². The number of nitrogen functional groups attached to an aromatic ring is 1. The van der Waals surface area contributed by atoms with Gasteiger partial charge in [-0.2, -0.15) is 0 Å². The number of anilines is 1. The normalized spacial score (nSPS) is 10.5. The van der Waals surface area contributed by atoms with Gasteiger partial charge in [0, 0.05) is 10.5 Å². The molecular formula is C7H5BrN4O. The van der Waals surface area contributed by atoms with Gasteiger partial charge in [-0.3, -0.25) is 0 Å². The maximum absolute atomic E-state index is 11.2. The number of hydrogen-bond acceptors (Lipinski definition) is 4. The van der Waals surface area contributed by atoms with Crippen molar-refractivity contribution in [1.29, 1.82) is 0 Å². The van der Waals surface area contributed by atoms with Gasteiger partial charge >= 0.3 is 0 Å². The average molecular weight is 241 g/mol. The molecule has 0 atom stereocenters. The van der Waals surface area contributed by atoms with Gasteiger partial charge in [-0.05, 0) is 17.0 Å². The van der Waals surface area contributed by atoms with Crippen LogP contribution in [0.5, 0.6) is 0 Å². The molecule has 0 spiro atoms. The molecule has 2 rings (SSSR count). The Morgan fingerprint density at radius 1 is 1.46 bits per heavy atom. The molecule has 0 saturated carbocycles. The number of fused-ring (bicyclic) bond motifs is 1. The van der Waals surface area contributed by atoms with E-state index in [1.807, 2.05) is 0 Å². The highest BCUT2D eigenvalue weighted by atomic mass is 79.9. The van der Waals surface area contributed by atoms with Crippen LogP contribution >= 0.6 is 15.9 Å². The van der Waals surface area contributed by atoms with E-state index < -0.39 is 0 Å². The molecule has 0 unspecified atom stereocenters. The van der Waals surface area contributed by atoms with Crippen LogP contribution in [-0.4, -0.2) is 10.1 Å². The SMILES string of the molecule is Nc1nc2ccc(Br)cc2[n+]([O-])n1. The van der Waals surface area contributed by atoms with E-state index in [-0.39, 0.29) is 5.95 Å². The van der Waals surface area contributed by atoms with E-state index >= 15 is 0 Å². The summed E-state index contributed by atoms with van der Waals surface area (Å²) in [5.74, 6) is -0.0233. The molecule has 0 aliphatic heterocycles. The predicted molar refractivity (Wildman–Crippen MR) is 50.6 cm³/mol. The first-order valence-corrected chi connectivity index (χ1v) is 4.29. The summed E-state index contributed by atoms with van der Waals surface area (Å²) in [6.45, 7) is 0. The summed E-state index contributed by atoms with van der Waals surface area (Å²) >= 11 is 3.25. The van der Waals surface area contributed by atoms with E-state index in [9.17, 15) is 5.21 Å². The Bertz CT molecular complexity index is 473. The van der Waals surface area contributed by atoms with Gasteiger partial charge in [0.15, 0.2) is 0 Å². The lowest BCUT2D eigenvalue weighted by Crippen LogP contribution is -2.33. The Morgan fingerprint density at radius 2 is 2.23 bits per heavy atom. The third-order valence-electron chi connectivity index (χ3n) is 1.57. The Balaban J connectivity index is 2.87. The predicted octanol–water partition coefficient (Wildman–Crippen LogP) is 0.608. The fourth-order valence-corrected chi connectivity index (χ4v) is 1.39. The van der Waals surface area contributed by atoms with Crippen molar-refractivity contribution in [3.8, 4) is 0 Å². The van der Waals surface area contributed by atoms with E-state index in [1.54, 1.807) is 18.2 Å². The fourth-order valence-electron chi connectivity index (χ4n) is 1.04. The van der Waals surface area contributed by atoms with Crippen LogP contribution in [0.1, 0.15) is 0 Å². The first-order valence-electron chi connectivity index (χ1n) is 3.49. The van der Waals surface area contributed by atoms with Crippen molar-refractivity contribution in [1.82, 2.24) is 10.1 Å².